The van der Waals surface area contributed by atoms with Gasteiger partial charge in [-0.05, 0) is 53.6 Å². The number of benzene rings is 4. The molecule has 0 radical (unpaired) electrons. The number of ether oxygens (including phenoxy) is 5. The minimum Gasteiger partial charge on any atom is -0.497 e. The molecule has 0 aromatic heterocycles. The minimum absolute atomic E-state index is 0.0121. The minimum atomic E-state index is -0.590. The Kier molecular flexibility index (Phi) is 7.84. The van der Waals surface area contributed by atoms with Gasteiger partial charge in [-0.1, -0.05) is 48.5 Å². The first-order chi connectivity index (χ1) is 19.5. The monoisotopic (exact) mass is 534 g/mol. The Hall–Kier alpha value is -5.42. The molecule has 200 valence electrons. The number of nitriles is 1. The second-order valence-electron chi connectivity index (χ2n) is 8.91. The van der Waals surface area contributed by atoms with E-state index in [1.165, 1.54) is 0 Å². The molecule has 0 saturated carbocycles. The Morgan fingerprint density at radius 1 is 0.875 bits per heavy atom. The van der Waals surface area contributed by atoms with Crippen LogP contribution in [-0.4, -0.2) is 19.7 Å². The van der Waals surface area contributed by atoms with Gasteiger partial charge < -0.3 is 29.4 Å². The maximum atomic E-state index is 12.4. The maximum absolute atomic E-state index is 12.4. The molecule has 1 atom stereocenters. The summed E-state index contributed by atoms with van der Waals surface area (Å²) in [4.78, 5) is 12.4. The number of hydrogen-bond donors (Lipinski definition) is 1. The lowest BCUT2D eigenvalue weighted by Crippen LogP contribution is -2.21. The largest absolute Gasteiger partial charge is 0.497 e. The van der Waals surface area contributed by atoms with Crippen molar-refractivity contribution in [1.82, 2.24) is 0 Å². The van der Waals surface area contributed by atoms with Crippen LogP contribution in [0.2, 0.25) is 0 Å². The molecule has 0 aliphatic carbocycles. The first-order valence-electron chi connectivity index (χ1n) is 12.5. The van der Waals surface area contributed by atoms with Crippen LogP contribution >= 0.6 is 0 Å². The number of esters is 1. The fourth-order valence-electron chi connectivity index (χ4n) is 4.34. The predicted molar refractivity (Wildman–Crippen MR) is 147 cm³/mol. The van der Waals surface area contributed by atoms with Crippen molar-refractivity contribution in [1.29, 1.82) is 5.26 Å². The van der Waals surface area contributed by atoms with Crippen molar-refractivity contribution in [3.63, 3.8) is 0 Å². The van der Waals surface area contributed by atoms with Crippen molar-refractivity contribution in [2.24, 2.45) is 5.73 Å². The summed E-state index contributed by atoms with van der Waals surface area (Å²) in [7, 11) is 1.57. The lowest BCUT2D eigenvalue weighted by Gasteiger charge is -2.27. The first kappa shape index (κ1) is 26.2. The van der Waals surface area contributed by atoms with Crippen molar-refractivity contribution >= 4 is 5.97 Å². The number of carbonyl (C=O) groups is 1. The van der Waals surface area contributed by atoms with E-state index in [0.717, 1.165) is 11.1 Å². The number of methoxy groups -OCH3 is 1. The van der Waals surface area contributed by atoms with Crippen LogP contribution in [0.15, 0.2) is 109 Å². The smallest absolute Gasteiger partial charge is 0.349 e. The fraction of sp³-hybridized carbons (Fsp3) is 0.125. The van der Waals surface area contributed by atoms with Crippen molar-refractivity contribution < 1.29 is 28.5 Å². The maximum Gasteiger partial charge on any atom is 0.349 e. The van der Waals surface area contributed by atoms with Crippen LogP contribution < -0.4 is 29.4 Å². The molecular formula is C32H26N2O6. The quantitative estimate of drug-likeness (QED) is 0.222. The second-order valence-corrected chi connectivity index (χ2v) is 8.91. The Morgan fingerprint density at radius 3 is 2.38 bits per heavy atom. The summed E-state index contributed by atoms with van der Waals surface area (Å²) in [6.45, 7) is 0.123. The van der Waals surface area contributed by atoms with E-state index in [1.807, 2.05) is 54.6 Å². The van der Waals surface area contributed by atoms with E-state index < -0.39 is 11.9 Å². The van der Waals surface area contributed by atoms with Gasteiger partial charge in [0, 0.05) is 11.6 Å². The van der Waals surface area contributed by atoms with Gasteiger partial charge in [-0.25, -0.2) is 4.79 Å². The van der Waals surface area contributed by atoms with Crippen LogP contribution in [0.1, 0.15) is 22.6 Å². The van der Waals surface area contributed by atoms with Gasteiger partial charge >= 0.3 is 5.97 Å². The molecule has 0 bridgehead atoms. The Balaban J connectivity index is 1.32. The molecular weight excluding hydrogens is 508 g/mol. The molecule has 5 rings (SSSR count). The van der Waals surface area contributed by atoms with Gasteiger partial charge in [-0.2, -0.15) is 5.26 Å². The molecule has 2 N–H and O–H groups in total. The van der Waals surface area contributed by atoms with Crippen LogP contribution in [0.25, 0.3) is 0 Å². The molecule has 1 heterocycles. The summed E-state index contributed by atoms with van der Waals surface area (Å²) in [6.07, 6.45) is 0. The summed E-state index contributed by atoms with van der Waals surface area (Å²) < 4.78 is 27.8. The lowest BCUT2D eigenvalue weighted by atomic mass is 9.83. The highest BCUT2D eigenvalue weighted by Crippen LogP contribution is 2.44. The summed E-state index contributed by atoms with van der Waals surface area (Å²) in [5.41, 5.74) is 9.00. The van der Waals surface area contributed by atoms with Gasteiger partial charge in [0.2, 0.25) is 5.88 Å². The lowest BCUT2D eigenvalue weighted by molar-refractivity contribution is -0.136. The summed E-state index contributed by atoms with van der Waals surface area (Å²) in [6, 6.07) is 31.4. The molecule has 0 fully saturated rings. The normalized spacial score (nSPS) is 13.8. The van der Waals surface area contributed by atoms with Gasteiger partial charge in [-0.15, -0.1) is 0 Å². The molecule has 40 heavy (non-hydrogen) atoms. The van der Waals surface area contributed by atoms with Crippen molar-refractivity contribution in [2.75, 3.05) is 13.7 Å². The van der Waals surface area contributed by atoms with E-state index >= 15 is 0 Å². The third kappa shape index (κ3) is 6.00. The number of carbonyl (C=O) groups excluding carboxylic acids is 1. The zero-order valence-corrected chi connectivity index (χ0v) is 21.7. The fourth-order valence-corrected chi connectivity index (χ4v) is 4.34. The highest BCUT2D eigenvalue weighted by atomic mass is 16.6. The van der Waals surface area contributed by atoms with Crippen LogP contribution in [0.5, 0.6) is 28.7 Å². The average molecular weight is 535 g/mol. The van der Waals surface area contributed by atoms with E-state index in [0.29, 0.717) is 35.2 Å². The van der Waals surface area contributed by atoms with E-state index in [4.69, 9.17) is 29.4 Å². The van der Waals surface area contributed by atoms with E-state index in [2.05, 4.69) is 6.07 Å². The molecule has 1 unspecified atom stereocenters. The van der Waals surface area contributed by atoms with Crippen LogP contribution in [0.4, 0.5) is 0 Å². The van der Waals surface area contributed by atoms with E-state index in [9.17, 15) is 10.1 Å². The number of fused-ring (bicyclic) bond motifs is 1. The van der Waals surface area contributed by atoms with Gasteiger partial charge in [0.15, 0.2) is 6.61 Å². The highest BCUT2D eigenvalue weighted by Gasteiger charge is 2.31. The third-order valence-electron chi connectivity index (χ3n) is 6.28. The summed E-state index contributed by atoms with van der Waals surface area (Å²) in [5.74, 6) is 1.40. The zero-order chi connectivity index (χ0) is 27.9. The topological polar surface area (TPSA) is 113 Å². The molecule has 1 aliphatic rings. The number of rotatable bonds is 9. The van der Waals surface area contributed by atoms with Crippen molar-refractivity contribution in [3.8, 4) is 34.8 Å². The number of allylic oxidation sites excluding steroid dienone is 1. The Bertz CT molecular complexity index is 1580. The third-order valence-corrected chi connectivity index (χ3v) is 6.28. The molecule has 4 aromatic carbocycles. The zero-order valence-electron chi connectivity index (χ0n) is 21.7. The molecule has 8 nitrogen and oxygen atoms in total. The molecule has 0 amide bonds. The van der Waals surface area contributed by atoms with Gasteiger partial charge in [0.05, 0.1) is 13.0 Å². The number of hydrogen-bond acceptors (Lipinski definition) is 8. The van der Waals surface area contributed by atoms with E-state index in [-0.39, 0.29) is 23.8 Å². The first-order valence-corrected chi connectivity index (χ1v) is 12.5. The second kappa shape index (κ2) is 12.0. The summed E-state index contributed by atoms with van der Waals surface area (Å²) >= 11 is 0. The Morgan fingerprint density at radius 2 is 1.62 bits per heavy atom. The van der Waals surface area contributed by atoms with Crippen LogP contribution in [0, 0.1) is 11.3 Å². The predicted octanol–water partition coefficient (Wildman–Crippen LogP) is 5.48. The molecule has 0 saturated heterocycles. The standard InChI is InChI=1S/C32H26N2O6/c1-36-23-10-12-24(13-11-23)38-20-30(35)39-26-14-15-27-29(17-26)40-32(34)28(18-33)31(27)22-8-5-9-25(16-22)37-19-21-6-3-2-4-7-21/h2-17,31H,19-20,34H2,1H3. The van der Waals surface area contributed by atoms with Crippen LogP contribution in [-0.2, 0) is 11.4 Å². The van der Waals surface area contributed by atoms with E-state index in [1.54, 1.807) is 49.6 Å². The Labute approximate surface area is 231 Å². The van der Waals surface area contributed by atoms with Gasteiger partial charge in [-0.3, -0.25) is 0 Å². The number of nitrogens with two attached hydrogens (primary N) is 1. The molecule has 0 spiro atoms. The van der Waals surface area contributed by atoms with Gasteiger partial charge in [0.1, 0.15) is 47.0 Å². The molecule has 4 aromatic rings. The average Bonchev–Trinajstić information content (AvgIpc) is 2.99. The molecule has 8 heteroatoms. The van der Waals surface area contributed by atoms with Gasteiger partial charge in [0.25, 0.3) is 0 Å². The highest BCUT2D eigenvalue weighted by molar-refractivity contribution is 5.74. The van der Waals surface area contributed by atoms with Crippen molar-refractivity contribution in [3.05, 3.63) is 125 Å². The SMILES string of the molecule is COc1ccc(OCC(=O)Oc2ccc3c(c2)OC(N)=C(C#N)C3c2cccc(OCc3ccccc3)c2)cc1. The summed E-state index contributed by atoms with van der Waals surface area (Å²) in [5, 5.41) is 9.91. The van der Waals surface area contributed by atoms with Crippen molar-refractivity contribution in [2.45, 2.75) is 12.5 Å². The van der Waals surface area contributed by atoms with Crippen LogP contribution in [0.3, 0.4) is 0 Å². The number of nitrogens with zero attached hydrogens (tertiary/aromatic N) is 1. The molecule has 1 aliphatic heterocycles.